The normalized spacial score (nSPS) is 29.4. The maximum Gasteiger partial charge on any atom is 0.264 e. The highest BCUT2D eigenvalue weighted by Gasteiger charge is 2.30. The fraction of sp³-hybridized carbons (Fsp3) is 0.333. The van der Waals surface area contributed by atoms with Crippen LogP contribution in [0.5, 0.6) is 0 Å². The van der Waals surface area contributed by atoms with Gasteiger partial charge in [-0.2, -0.15) is 0 Å². The minimum atomic E-state index is -2.87. The van der Waals surface area contributed by atoms with E-state index in [0.717, 1.165) is 6.07 Å². The third-order valence-electron chi connectivity index (χ3n) is 3.18. The van der Waals surface area contributed by atoms with Crippen LogP contribution in [-0.2, 0) is 9.59 Å². The number of anilines is 1. The monoisotopic (exact) mass is 291 g/mol. The Morgan fingerprint density at radius 1 is 1.52 bits per heavy atom. The van der Waals surface area contributed by atoms with Crippen LogP contribution in [0.2, 0.25) is 0 Å². The topological polar surface area (TPSA) is 95.0 Å². The summed E-state index contributed by atoms with van der Waals surface area (Å²) in [4.78, 5) is 41.2. The number of rotatable bonds is 1. The van der Waals surface area contributed by atoms with Gasteiger partial charge in [0, 0.05) is 17.6 Å². The first-order chi connectivity index (χ1) is 12.4. The molecule has 1 aliphatic carbocycles. The summed E-state index contributed by atoms with van der Waals surface area (Å²) in [5.74, 6) is -2.51. The molecule has 3 rings (SSSR count). The minimum absolute atomic E-state index is 0.0719. The molecule has 1 aromatic carbocycles. The van der Waals surface area contributed by atoms with E-state index in [0.29, 0.717) is 4.57 Å². The molecule has 6 nitrogen and oxygen atoms in total. The summed E-state index contributed by atoms with van der Waals surface area (Å²) in [6.45, 7) is -1.93. The number of nitrogen functional groups attached to an aromatic ring is 1. The van der Waals surface area contributed by atoms with Crippen LogP contribution < -0.4 is 11.3 Å². The first kappa shape index (κ1) is 8.07. The largest absolute Gasteiger partial charge is 0.398 e. The van der Waals surface area contributed by atoms with Crippen LogP contribution in [0.25, 0.3) is 10.9 Å². The lowest BCUT2D eigenvalue weighted by atomic mass is 9.92. The maximum absolute atomic E-state index is 13.1. The molecule has 1 fully saturated rings. The molecule has 1 aliphatic rings. The summed E-state index contributed by atoms with van der Waals surface area (Å²) in [7, 11) is 0. The van der Waals surface area contributed by atoms with Crippen molar-refractivity contribution >= 4 is 28.2 Å². The number of ketones is 2. The van der Waals surface area contributed by atoms with Gasteiger partial charge in [0.05, 0.1) is 26.1 Å². The predicted molar refractivity (Wildman–Crippen MR) is 78.1 cm³/mol. The van der Waals surface area contributed by atoms with Gasteiger partial charge in [-0.25, -0.2) is 4.98 Å². The SMILES string of the molecule is [2H]c1cc(N)c2c(=O)n(C3([2H])C(=O)CC(=O)CC3([2H])[2H])c(C([2H])[2H])nc2c1. The van der Waals surface area contributed by atoms with Gasteiger partial charge in [-0.3, -0.25) is 19.0 Å². The van der Waals surface area contributed by atoms with Gasteiger partial charge >= 0.3 is 0 Å². The highest BCUT2D eigenvalue weighted by molar-refractivity contribution is 6.03. The van der Waals surface area contributed by atoms with E-state index in [1.165, 1.54) is 6.07 Å². The number of benzene rings is 1. The number of fused-ring (bicyclic) bond motifs is 1. The molecule has 0 amide bonds. The van der Waals surface area contributed by atoms with E-state index in [9.17, 15) is 14.4 Å². The average Bonchev–Trinajstić information content (AvgIpc) is 2.50. The Morgan fingerprint density at radius 2 is 2.33 bits per heavy atom. The molecule has 2 N–H and O–H groups in total. The molecule has 1 saturated carbocycles. The van der Waals surface area contributed by atoms with Gasteiger partial charge in [0.15, 0.2) is 5.78 Å². The zero-order chi connectivity index (χ0) is 20.3. The Balaban J connectivity index is 2.48. The van der Waals surface area contributed by atoms with Crippen molar-refractivity contribution in [3.05, 3.63) is 34.4 Å². The fourth-order valence-electron chi connectivity index (χ4n) is 2.24. The Labute approximate surface area is 129 Å². The maximum atomic E-state index is 13.1. The summed E-state index contributed by atoms with van der Waals surface area (Å²) in [5.41, 5.74) is 4.46. The van der Waals surface area contributed by atoms with Crippen molar-refractivity contribution in [1.29, 1.82) is 0 Å². The van der Waals surface area contributed by atoms with Crippen molar-refractivity contribution in [2.75, 3.05) is 5.73 Å². The Hall–Kier alpha value is -2.50. The molecule has 1 aromatic heterocycles. The number of hydrogen-bond donors (Lipinski definition) is 1. The predicted octanol–water partition coefficient (Wildman–Crippen LogP) is 1.15. The second-order valence-corrected chi connectivity index (χ2v) is 4.62. The molecule has 0 bridgehead atoms. The Morgan fingerprint density at radius 3 is 3.05 bits per heavy atom. The quantitative estimate of drug-likeness (QED) is 0.628. The van der Waals surface area contributed by atoms with Crippen molar-refractivity contribution < 1.29 is 17.8 Å². The van der Waals surface area contributed by atoms with E-state index >= 15 is 0 Å². The lowest BCUT2D eigenvalue weighted by Crippen LogP contribution is -2.36. The van der Waals surface area contributed by atoms with Gasteiger partial charge in [-0.05, 0) is 25.4 Å². The van der Waals surface area contributed by atoms with Crippen molar-refractivity contribution in [2.45, 2.75) is 32.1 Å². The molecule has 1 atom stereocenters. The number of nitrogens with two attached hydrogens (primary N) is 1. The van der Waals surface area contributed by atoms with E-state index in [2.05, 4.69) is 4.98 Å². The molecule has 0 saturated heterocycles. The molecule has 0 aliphatic heterocycles. The highest BCUT2D eigenvalue weighted by atomic mass is 16.2. The van der Waals surface area contributed by atoms with Crippen molar-refractivity contribution in [3.8, 4) is 0 Å². The standard InChI is InChI=1S/C15H15N3O3/c1-8-17-11-4-2-3-10(16)14(11)15(21)18(8)12-6-5-9(19)7-13(12)20/h2-4,12H,5-7,16H2,1H3/i1D2,2D,6D2,12D. The van der Waals surface area contributed by atoms with Crippen molar-refractivity contribution in [3.63, 3.8) is 0 Å². The zero-order valence-electron chi connectivity index (χ0n) is 16.8. The summed E-state index contributed by atoms with van der Waals surface area (Å²) in [6.07, 6.45) is -4.27. The molecule has 108 valence electrons. The van der Waals surface area contributed by atoms with Gasteiger partial charge in [0.2, 0.25) is 0 Å². The van der Waals surface area contributed by atoms with Crippen LogP contribution >= 0.6 is 0 Å². The number of carbonyl (C=O) groups excluding carboxylic acids is 2. The van der Waals surface area contributed by atoms with Gasteiger partial charge in [-0.1, -0.05) is 6.04 Å². The lowest BCUT2D eigenvalue weighted by Gasteiger charge is -2.24. The lowest BCUT2D eigenvalue weighted by molar-refractivity contribution is -0.132. The minimum Gasteiger partial charge on any atom is -0.398 e. The van der Waals surface area contributed by atoms with Gasteiger partial charge in [-0.15, -0.1) is 0 Å². The van der Waals surface area contributed by atoms with E-state index in [1.807, 2.05) is 0 Å². The van der Waals surface area contributed by atoms with E-state index in [4.69, 9.17) is 14.0 Å². The van der Waals surface area contributed by atoms with Crippen molar-refractivity contribution in [1.82, 2.24) is 9.55 Å². The molecular formula is C15H15N3O3. The number of carbonyl (C=O) groups is 2. The van der Waals surface area contributed by atoms with Crippen LogP contribution in [0.4, 0.5) is 5.69 Å². The van der Waals surface area contributed by atoms with Crippen LogP contribution in [0.3, 0.4) is 0 Å². The molecule has 1 heterocycles. The first-order valence-corrected chi connectivity index (χ1v) is 6.13. The summed E-state index contributed by atoms with van der Waals surface area (Å²) in [5, 5.41) is -0.248. The molecule has 21 heavy (non-hydrogen) atoms. The van der Waals surface area contributed by atoms with Crippen LogP contribution in [0, 0.1) is 6.88 Å². The average molecular weight is 291 g/mol. The van der Waals surface area contributed by atoms with Crippen LogP contribution in [-0.4, -0.2) is 21.1 Å². The van der Waals surface area contributed by atoms with Crippen LogP contribution in [0.15, 0.2) is 23.0 Å². The van der Waals surface area contributed by atoms with E-state index < -0.39 is 55.1 Å². The second-order valence-electron chi connectivity index (χ2n) is 4.62. The molecular weight excluding hydrogens is 270 g/mol. The van der Waals surface area contributed by atoms with Crippen molar-refractivity contribution in [2.24, 2.45) is 0 Å². The Bertz CT molecular complexity index is 1050. The molecule has 1 unspecified atom stereocenters. The number of nitrogens with zero attached hydrogens (tertiary/aromatic N) is 2. The van der Waals surface area contributed by atoms with Gasteiger partial charge < -0.3 is 5.73 Å². The number of aryl methyl sites for hydroxylation is 1. The first-order valence-electron chi connectivity index (χ1n) is 9.28. The molecule has 0 radical (unpaired) electrons. The summed E-state index contributed by atoms with van der Waals surface area (Å²) < 4.78 is 48.0. The zero-order valence-corrected chi connectivity index (χ0v) is 10.8. The number of aromatic nitrogens is 2. The second kappa shape index (κ2) is 4.80. The smallest absolute Gasteiger partial charge is 0.264 e. The fourth-order valence-corrected chi connectivity index (χ4v) is 2.24. The van der Waals surface area contributed by atoms with Gasteiger partial charge in [0.1, 0.15) is 11.6 Å². The number of Topliss-reactive ketones (excluding diaryl/α,β-unsaturated/α-hetero) is 2. The Kier molecular flexibility index (Phi) is 1.84. The summed E-state index contributed by atoms with van der Waals surface area (Å²) in [6, 6.07) is -0.606. The van der Waals surface area contributed by atoms with Crippen LogP contribution in [0.1, 0.15) is 39.3 Å². The third kappa shape index (κ3) is 2.12. The van der Waals surface area contributed by atoms with Gasteiger partial charge in [0.25, 0.3) is 5.56 Å². The third-order valence-corrected chi connectivity index (χ3v) is 3.18. The highest BCUT2D eigenvalue weighted by Crippen LogP contribution is 2.24. The summed E-state index contributed by atoms with van der Waals surface area (Å²) >= 11 is 0. The van der Waals surface area contributed by atoms with E-state index in [1.54, 1.807) is 0 Å². The van der Waals surface area contributed by atoms with E-state index in [-0.39, 0.29) is 22.6 Å². The number of hydrogen-bond acceptors (Lipinski definition) is 5. The molecule has 0 spiro atoms. The molecule has 2 aromatic rings. The molecule has 6 heteroatoms.